The first-order valence-corrected chi connectivity index (χ1v) is 9.30. The Balaban J connectivity index is 1.55. The van der Waals surface area contributed by atoms with Gasteiger partial charge in [-0.15, -0.1) is 0 Å². The molecule has 1 aliphatic heterocycles. The zero-order valence-electron chi connectivity index (χ0n) is 13.8. The van der Waals surface area contributed by atoms with E-state index in [1.165, 1.54) is 5.56 Å². The second-order valence-corrected chi connectivity index (χ2v) is 7.40. The molecule has 2 aromatic rings. The SMILES string of the molecule is CC(=NN1CCN(Cc2ccc(Cl)cc2)CC1)c1cccc(Br)c1. The molecule has 0 unspecified atom stereocenters. The van der Waals surface area contributed by atoms with Crippen LogP contribution in [0.5, 0.6) is 0 Å². The van der Waals surface area contributed by atoms with Gasteiger partial charge in [-0.2, -0.15) is 5.10 Å². The summed E-state index contributed by atoms with van der Waals surface area (Å²) in [6.07, 6.45) is 0. The first kappa shape index (κ1) is 17.5. The van der Waals surface area contributed by atoms with Gasteiger partial charge in [0.1, 0.15) is 0 Å². The first-order chi connectivity index (χ1) is 11.6. The number of hydrogen-bond donors (Lipinski definition) is 0. The van der Waals surface area contributed by atoms with Crippen molar-refractivity contribution in [1.29, 1.82) is 0 Å². The van der Waals surface area contributed by atoms with Crippen LogP contribution < -0.4 is 0 Å². The van der Waals surface area contributed by atoms with E-state index in [0.717, 1.165) is 53.5 Å². The van der Waals surface area contributed by atoms with Crippen molar-refractivity contribution in [3.8, 4) is 0 Å². The third kappa shape index (κ3) is 4.82. The van der Waals surface area contributed by atoms with Crippen molar-refractivity contribution < 1.29 is 0 Å². The zero-order chi connectivity index (χ0) is 16.9. The quantitative estimate of drug-likeness (QED) is 0.689. The van der Waals surface area contributed by atoms with Gasteiger partial charge >= 0.3 is 0 Å². The highest BCUT2D eigenvalue weighted by Gasteiger charge is 2.16. The lowest BCUT2D eigenvalue weighted by Gasteiger charge is -2.33. The van der Waals surface area contributed by atoms with E-state index in [1.807, 2.05) is 24.3 Å². The van der Waals surface area contributed by atoms with E-state index < -0.39 is 0 Å². The van der Waals surface area contributed by atoms with Gasteiger partial charge in [0.25, 0.3) is 0 Å². The lowest BCUT2D eigenvalue weighted by atomic mass is 10.1. The van der Waals surface area contributed by atoms with E-state index in [9.17, 15) is 0 Å². The topological polar surface area (TPSA) is 18.8 Å². The Morgan fingerprint density at radius 2 is 1.79 bits per heavy atom. The van der Waals surface area contributed by atoms with Crippen LogP contribution in [0.2, 0.25) is 5.02 Å². The summed E-state index contributed by atoms with van der Waals surface area (Å²) in [4.78, 5) is 2.46. The predicted octanol–water partition coefficient (Wildman–Crippen LogP) is 4.64. The van der Waals surface area contributed by atoms with Crippen molar-refractivity contribution in [3.63, 3.8) is 0 Å². The first-order valence-electron chi connectivity index (χ1n) is 8.13. The Morgan fingerprint density at radius 1 is 1.08 bits per heavy atom. The molecule has 0 radical (unpaired) electrons. The van der Waals surface area contributed by atoms with Crippen LogP contribution in [-0.4, -0.2) is 41.8 Å². The molecule has 0 aliphatic carbocycles. The highest BCUT2D eigenvalue weighted by Crippen LogP contribution is 2.15. The molecule has 0 spiro atoms. The van der Waals surface area contributed by atoms with Crippen molar-refractivity contribution in [2.75, 3.05) is 26.2 Å². The number of halogens is 2. The summed E-state index contributed by atoms with van der Waals surface area (Å²) in [6, 6.07) is 16.4. The fourth-order valence-corrected chi connectivity index (χ4v) is 3.35. The lowest BCUT2D eigenvalue weighted by molar-refractivity contribution is 0.130. The number of hydrogen-bond acceptors (Lipinski definition) is 3. The van der Waals surface area contributed by atoms with Gasteiger partial charge in [-0.25, -0.2) is 0 Å². The molecular formula is C19H21BrClN3. The maximum Gasteiger partial charge on any atom is 0.0647 e. The van der Waals surface area contributed by atoms with E-state index >= 15 is 0 Å². The molecular weight excluding hydrogens is 386 g/mol. The van der Waals surface area contributed by atoms with Crippen LogP contribution in [0.3, 0.4) is 0 Å². The molecule has 0 amide bonds. The Labute approximate surface area is 157 Å². The predicted molar refractivity (Wildman–Crippen MR) is 105 cm³/mol. The highest BCUT2D eigenvalue weighted by molar-refractivity contribution is 9.10. The summed E-state index contributed by atoms with van der Waals surface area (Å²) < 4.78 is 1.09. The third-order valence-electron chi connectivity index (χ3n) is 4.20. The van der Waals surface area contributed by atoms with Gasteiger partial charge in [-0.1, -0.05) is 51.8 Å². The molecule has 0 atom stereocenters. The number of rotatable bonds is 4. The zero-order valence-corrected chi connectivity index (χ0v) is 16.1. The van der Waals surface area contributed by atoms with Gasteiger partial charge in [0.15, 0.2) is 0 Å². The summed E-state index contributed by atoms with van der Waals surface area (Å²) >= 11 is 9.46. The van der Waals surface area contributed by atoms with Gasteiger partial charge in [0.2, 0.25) is 0 Å². The molecule has 0 aromatic heterocycles. The monoisotopic (exact) mass is 405 g/mol. The summed E-state index contributed by atoms with van der Waals surface area (Å²) in [6.45, 7) is 7.01. The van der Waals surface area contributed by atoms with Crippen molar-refractivity contribution in [3.05, 3.63) is 69.2 Å². The van der Waals surface area contributed by atoms with Crippen LogP contribution in [-0.2, 0) is 6.54 Å². The minimum atomic E-state index is 0.793. The van der Waals surface area contributed by atoms with Gasteiger partial charge in [0, 0.05) is 42.2 Å². The second kappa shape index (κ2) is 8.15. The van der Waals surface area contributed by atoms with Gasteiger partial charge in [-0.3, -0.25) is 9.91 Å². The van der Waals surface area contributed by atoms with Crippen molar-refractivity contribution in [1.82, 2.24) is 9.91 Å². The van der Waals surface area contributed by atoms with Crippen molar-refractivity contribution >= 4 is 33.2 Å². The molecule has 1 fully saturated rings. The average Bonchev–Trinajstić information content (AvgIpc) is 2.59. The Hall–Kier alpha value is -1.36. The van der Waals surface area contributed by atoms with Gasteiger partial charge in [-0.05, 0) is 42.3 Å². The fourth-order valence-electron chi connectivity index (χ4n) is 2.83. The van der Waals surface area contributed by atoms with E-state index in [-0.39, 0.29) is 0 Å². The van der Waals surface area contributed by atoms with E-state index in [2.05, 4.69) is 57.0 Å². The normalized spacial score (nSPS) is 16.5. The van der Waals surface area contributed by atoms with Crippen LogP contribution in [0.15, 0.2) is 58.1 Å². The standard InChI is InChI=1S/C19H21BrClN3/c1-15(17-3-2-4-18(20)13-17)22-24-11-9-23(10-12-24)14-16-5-7-19(21)8-6-16/h2-8,13H,9-12,14H2,1H3. The van der Waals surface area contributed by atoms with Crippen LogP contribution in [0.4, 0.5) is 0 Å². The Bertz CT molecular complexity index is 707. The number of piperazine rings is 1. The maximum absolute atomic E-state index is 5.94. The van der Waals surface area contributed by atoms with E-state index in [1.54, 1.807) is 0 Å². The molecule has 2 aromatic carbocycles. The second-order valence-electron chi connectivity index (χ2n) is 6.05. The lowest BCUT2D eigenvalue weighted by Crippen LogP contribution is -2.43. The summed E-state index contributed by atoms with van der Waals surface area (Å²) in [7, 11) is 0. The fraction of sp³-hybridized carbons (Fsp3) is 0.316. The molecule has 1 heterocycles. The van der Waals surface area contributed by atoms with E-state index in [4.69, 9.17) is 16.7 Å². The smallest absolute Gasteiger partial charge is 0.0647 e. The molecule has 3 nitrogen and oxygen atoms in total. The highest BCUT2D eigenvalue weighted by atomic mass is 79.9. The third-order valence-corrected chi connectivity index (χ3v) is 4.95. The molecule has 5 heteroatoms. The van der Waals surface area contributed by atoms with Crippen LogP contribution in [0, 0.1) is 0 Å². The maximum atomic E-state index is 5.94. The average molecular weight is 407 g/mol. The molecule has 1 saturated heterocycles. The summed E-state index contributed by atoms with van der Waals surface area (Å²) in [5.41, 5.74) is 3.53. The van der Waals surface area contributed by atoms with Gasteiger partial charge < -0.3 is 0 Å². The largest absolute Gasteiger partial charge is 0.295 e. The Kier molecular flexibility index (Phi) is 5.93. The molecule has 126 valence electrons. The molecule has 0 saturated carbocycles. The molecule has 0 N–H and O–H groups in total. The van der Waals surface area contributed by atoms with Crippen LogP contribution in [0.1, 0.15) is 18.1 Å². The number of nitrogens with zero attached hydrogens (tertiary/aromatic N) is 3. The Morgan fingerprint density at radius 3 is 2.46 bits per heavy atom. The number of hydrazone groups is 1. The number of benzene rings is 2. The van der Waals surface area contributed by atoms with Crippen molar-refractivity contribution in [2.45, 2.75) is 13.5 Å². The molecule has 1 aliphatic rings. The van der Waals surface area contributed by atoms with E-state index in [0.29, 0.717) is 0 Å². The summed E-state index contributed by atoms with van der Waals surface area (Å²) in [5, 5.41) is 7.75. The minimum Gasteiger partial charge on any atom is -0.295 e. The van der Waals surface area contributed by atoms with Crippen LogP contribution >= 0.6 is 27.5 Å². The van der Waals surface area contributed by atoms with Crippen molar-refractivity contribution in [2.24, 2.45) is 5.10 Å². The van der Waals surface area contributed by atoms with Crippen LogP contribution in [0.25, 0.3) is 0 Å². The minimum absolute atomic E-state index is 0.793. The molecule has 24 heavy (non-hydrogen) atoms. The molecule has 3 rings (SSSR count). The molecule has 0 bridgehead atoms. The van der Waals surface area contributed by atoms with Gasteiger partial charge in [0.05, 0.1) is 5.71 Å². The summed E-state index contributed by atoms with van der Waals surface area (Å²) in [5.74, 6) is 0.